The maximum Gasteiger partial charge on any atom is 0.261 e. The molecule has 2 heterocycles. The van der Waals surface area contributed by atoms with Gasteiger partial charge in [0.1, 0.15) is 0 Å². The lowest BCUT2D eigenvalue weighted by Crippen LogP contribution is -2.40. The number of aromatic nitrogens is 2. The average molecular weight is 423 g/mol. The van der Waals surface area contributed by atoms with E-state index >= 15 is 0 Å². The Morgan fingerprint density at radius 3 is 2.67 bits per heavy atom. The molecular weight excluding hydrogens is 402 g/mol. The average Bonchev–Trinajstić information content (AvgIpc) is 3.08. The van der Waals surface area contributed by atoms with E-state index in [9.17, 15) is 9.59 Å². The molecule has 1 aliphatic heterocycles. The molecule has 1 aromatic heterocycles. The summed E-state index contributed by atoms with van der Waals surface area (Å²) in [7, 11) is 1.61. The third-order valence-corrected chi connectivity index (χ3v) is 6.15. The SMILES string of the molecule is Cn1c(=S)[nH]c2cc(C(=O)Nc3ccc4c(c3)OC3(CCCCC3)O4)ccc2c1=O. The van der Waals surface area contributed by atoms with Gasteiger partial charge < -0.3 is 19.8 Å². The first-order chi connectivity index (χ1) is 14.4. The number of anilines is 1. The second-order valence-corrected chi connectivity index (χ2v) is 8.23. The van der Waals surface area contributed by atoms with Crippen LogP contribution in [0.25, 0.3) is 10.9 Å². The van der Waals surface area contributed by atoms with E-state index in [0.717, 1.165) is 25.7 Å². The molecule has 30 heavy (non-hydrogen) atoms. The zero-order valence-corrected chi connectivity index (χ0v) is 17.3. The number of benzene rings is 2. The van der Waals surface area contributed by atoms with Crippen molar-refractivity contribution in [3.8, 4) is 11.5 Å². The number of hydrogen-bond acceptors (Lipinski definition) is 5. The molecule has 154 valence electrons. The van der Waals surface area contributed by atoms with Crippen molar-refractivity contribution in [2.24, 2.45) is 7.05 Å². The molecule has 1 fully saturated rings. The van der Waals surface area contributed by atoms with Crippen LogP contribution in [0.5, 0.6) is 11.5 Å². The van der Waals surface area contributed by atoms with Crippen LogP contribution in [0.2, 0.25) is 0 Å². The van der Waals surface area contributed by atoms with Crippen LogP contribution in [0.15, 0.2) is 41.2 Å². The summed E-state index contributed by atoms with van der Waals surface area (Å²) in [4.78, 5) is 28.1. The van der Waals surface area contributed by atoms with Gasteiger partial charge in [0.05, 0.1) is 10.9 Å². The number of carbonyl (C=O) groups excluding carboxylic acids is 1. The van der Waals surface area contributed by atoms with E-state index < -0.39 is 5.79 Å². The number of fused-ring (bicyclic) bond motifs is 2. The van der Waals surface area contributed by atoms with Crippen molar-refractivity contribution in [3.63, 3.8) is 0 Å². The summed E-state index contributed by atoms with van der Waals surface area (Å²) < 4.78 is 13.9. The highest BCUT2D eigenvalue weighted by Gasteiger charge is 2.42. The van der Waals surface area contributed by atoms with E-state index in [1.165, 1.54) is 11.0 Å². The monoisotopic (exact) mass is 423 g/mol. The molecule has 2 N–H and O–H groups in total. The summed E-state index contributed by atoms with van der Waals surface area (Å²) in [6.07, 6.45) is 5.13. The fourth-order valence-electron chi connectivity index (χ4n) is 4.12. The number of ether oxygens (including phenoxy) is 2. The van der Waals surface area contributed by atoms with Crippen LogP contribution >= 0.6 is 12.2 Å². The lowest BCUT2D eigenvalue weighted by molar-refractivity contribution is -0.105. The number of aromatic amines is 1. The van der Waals surface area contributed by atoms with Crippen LogP contribution in [-0.2, 0) is 7.05 Å². The molecule has 1 spiro atoms. The zero-order chi connectivity index (χ0) is 20.9. The normalized spacial score (nSPS) is 16.7. The molecule has 0 bridgehead atoms. The standard InChI is InChI=1S/C22H21N3O4S/c1-25-20(27)15-7-5-13(11-16(15)24-21(25)30)19(26)23-14-6-8-17-18(12-14)29-22(28-17)9-3-2-4-10-22/h5-8,11-12H,2-4,9-10H2,1H3,(H,23,26)(H,24,30). The van der Waals surface area contributed by atoms with Gasteiger partial charge >= 0.3 is 0 Å². The molecule has 8 heteroatoms. The van der Waals surface area contributed by atoms with Gasteiger partial charge in [-0.05, 0) is 55.4 Å². The summed E-state index contributed by atoms with van der Waals surface area (Å²) in [6.45, 7) is 0. The number of rotatable bonds is 2. The van der Waals surface area contributed by atoms with Crippen LogP contribution in [0.4, 0.5) is 5.69 Å². The van der Waals surface area contributed by atoms with Crippen LogP contribution < -0.4 is 20.3 Å². The summed E-state index contributed by atoms with van der Waals surface area (Å²) in [6, 6.07) is 10.3. The zero-order valence-electron chi connectivity index (χ0n) is 16.5. The molecule has 0 radical (unpaired) electrons. The minimum absolute atomic E-state index is 0.201. The van der Waals surface area contributed by atoms with Gasteiger partial charge in [-0.3, -0.25) is 14.2 Å². The number of H-pyrrole nitrogens is 1. The van der Waals surface area contributed by atoms with Gasteiger partial charge in [0, 0.05) is 37.2 Å². The number of nitrogens with one attached hydrogen (secondary N) is 2. The Bertz CT molecular complexity index is 1290. The Morgan fingerprint density at radius 2 is 1.87 bits per heavy atom. The Morgan fingerprint density at radius 1 is 1.10 bits per heavy atom. The molecule has 1 amide bonds. The first-order valence-electron chi connectivity index (χ1n) is 10.0. The Balaban J connectivity index is 1.39. The van der Waals surface area contributed by atoms with Crippen molar-refractivity contribution in [2.75, 3.05) is 5.32 Å². The largest absolute Gasteiger partial charge is 0.448 e. The molecule has 0 saturated heterocycles. The van der Waals surface area contributed by atoms with E-state index in [1.54, 1.807) is 37.4 Å². The van der Waals surface area contributed by atoms with Crippen LogP contribution in [0.3, 0.4) is 0 Å². The topological polar surface area (TPSA) is 85.3 Å². The number of carbonyl (C=O) groups is 1. The smallest absolute Gasteiger partial charge is 0.261 e. The van der Waals surface area contributed by atoms with Crippen LogP contribution in [0, 0.1) is 4.77 Å². The third-order valence-electron chi connectivity index (χ3n) is 5.77. The predicted octanol–water partition coefficient (Wildman–Crippen LogP) is 4.28. The van der Waals surface area contributed by atoms with Crippen molar-refractivity contribution < 1.29 is 14.3 Å². The molecule has 1 saturated carbocycles. The van der Waals surface area contributed by atoms with Crippen LogP contribution in [-0.4, -0.2) is 21.2 Å². The summed E-state index contributed by atoms with van der Waals surface area (Å²) in [5.74, 6) is 0.527. The predicted molar refractivity (Wildman–Crippen MR) is 116 cm³/mol. The number of nitrogens with zero attached hydrogens (tertiary/aromatic N) is 1. The summed E-state index contributed by atoms with van der Waals surface area (Å²) >= 11 is 5.16. The van der Waals surface area contributed by atoms with Gasteiger partial charge in [0.25, 0.3) is 17.3 Å². The number of amides is 1. The lowest BCUT2D eigenvalue weighted by atomic mass is 9.94. The van der Waals surface area contributed by atoms with Gasteiger partial charge in [-0.25, -0.2) is 0 Å². The van der Waals surface area contributed by atoms with Crippen molar-refractivity contribution in [2.45, 2.75) is 37.9 Å². The van der Waals surface area contributed by atoms with Crippen molar-refractivity contribution in [3.05, 3.63) is 57.1 Å². The molecule has 3 aromatic rings. The Kier molecular flexibility index (Phi) is 4.39. The molecule has 0 unspecified atom stereocenters. The second-order valence-electron chi connectivity index (χ2n) is 7.85. The molecule has 0 atom stereocenters. The highest BCUT2D eigenvalue weighted by Crippen LogP contribution is 2.46. The minimum Gasteiger partial charge on any atom is -0.448 e. The van der Waals surface area contributed by atoms with E-state index in [-0.39, 0.29) is 11.5 Å². The molecular formula is C22H21N3O4S. The van der Waals surface area contributed by atoms with Gasteiger partial charge in [-0.15, -0.1) is 0 Å². The fraction of sp³-hybridized carbons (Fsp3) is 0.318. The summed E-state index contributed by atoms with van der Waals surface area (Å²) in [5.41, 5.74) is 1.36. The van der Waals surface area contributed by atoms with Gasteiger partial charge in [0.2, 0.25) is 0 Å². The maximum absolute atomic E-state index is 12.8. The highest BCUT2D eigenvalue weighted by atomic mass is 32.1. The summed E-state index contributed by atoms with van der Waals surface area (Å²) in [5, 5.41) is 3.36. The van der Waals surface area contributed by atoms with Gasteiger partial charge in [-0.2, -0.15) is 0 Å². The Hall–Kier alpha value is -3.13. The van der Waals surface area contributed by atoms with Gasteiger partial charge in [-0.1, -0.05) is 6.42 Å². The lowest BCUT2D eigenvalue weighted by Gasteiger charge is -2.31. The van der Waals surface area contributed by atoms with Crippen molar-refractivity contribution >= 4 is 34.7 Å². The highest BCUT2D eigenvalue weighted by molar-refractivity contribution is 7.71. The molecule has 7 nitrogen and oxygen atoms in total. The Labute approximate surface area is 177 Å². The molecule has 5 rings (SSSR count). The first kappa shape index (κ1) is 18.9. The van der Waals surface area contributed by atoms with Crippen molar-refractivity contribution in [1.82, 2.24) is 9.55 Å². The maximum atomic E-state index is 12.8. The number of hydrogen-bond donors (Lipinski definition) is 2. The molecule has 2 aromatic carbocycles. The van der Waals surface area contributed by atoms with E-state index in [4.69, 9.17) is 21.7 Å². The van der Waals surface area contributed by atoms with Crippen LogP contribution in [0.1, 0.15) is 42.5 Å². The third kappa shape index (κ3) is 3.17. The fourth-order valence-corrected chi connectivity index (χ4v) is 4.31. The first-order valence-corrected chi connectivity index (χ1v) is 10.4. The van der Waals surface area contributed by atoms with E-state index in [0.29, 0.717) is 38.4 Å². The van der Waals surface area contributed by atoms with E-state index in [2.05, 4.69) is 10.3 Å². The van der Waals surface area contributed by atoms with E-state index in [1.807, 2.05) is 6.07 Å². The van der Waals surface area contributed by atoms with Crippen molar-refractivity contribution in [1.29, 1.82) is 0 Å². The molecule has 2 aliphatic rings. The quantitative estimate of drug-likeness (QED) is 0.601. The minimum atomic E-state index is -0.550. The molecule has 1 aliphatic carbocycles. The second kappa shape index (κ2) is 6.98. The van der Waals surface area contributed by atoms with Gasteiger partial charge in [0.15, 0.2) is 16.3 Å².